The molecule has 0 N–H and O–H groups in total. The fourth-order valence-corrected chi connectivity index (χ4v) is 5.40. The summed E-state index contributed by atoms with van der Waals surface area (Å²) in [4.78, 5) is 10.1. The molecular weight excluding hydrogens is 484 g/mol. The van der Waals surface area contributed by atoms with Crippen molar-refractivity contribution < 1.29 is 18.6 Å². The fourth-order valence-electron chi connectivity index (χ4n) is 3.87. The molecule has 0 spiro atoms. The van der Waals surface area contributed by atoms with E-state index in [1.807, 2.05) is 29.8 Å². The molecule has 0 saturated heterocycles. The predicted octanol–water partition coefficient (Wildman–Crippen LogP) is 6.24. The highest BCUT2D eigenvalue weighted by Crippen LogP contribution is 2.38. The van der Waals surface area contributed by atoms with Crippen LogP contribution >= 0.6 is 22.7 Å². The molecule has 5 aromatic rings. The zero-order chi connectivity index (χ0) is 23.9. The molecule has 0 radical (unpaired) electrons. The van der Waals surface area contributed by atoms with E-state index >= 15 is 0 Å². The van der Waals surface area contributed by atoms with Crippen LogP contribution in [0, 0.1) is 5.92 Å². The van der Waals surface area contributed by atoms with Gasteiger partial charge in [0.05, 0.1) is 31.5 Å². The Morgan fingerprint density at radius 2 is 2.09 bits per heavy atom. The molecule has 1 aliphatic rings. The van der Waals surface area contributed by atoms with Gasteiger partial charge in [-0.15, -0.1) is 16.4 Å². The van der Waals surface area contributed by atoms with Gasteiger partial charge in [0.15, 0.2) is 5.76 Å². The number of aromatic nitrogens is 4. The summed E-state index contributed by atoms with van der Waals surface area (Å²) in [6.07, 6.45) is 9.49. The summed E-state index contributed by atoms with van der Waals surface area (Å²) in [6.45, 7) is 2.56. The van der Waals surface area contributed by atoms with Crippen LogP contribution in [-0.4, -0.2) is 33.8 Å². The molecule has 6 rings (SSSR count). The van der Waals surface area contributed by atoms with E-state index in [1.165, 1.54) is 16.9 Å². The molecule has 0 saturated carbocycles. The van der Waals surface area contributed by atoms with Gasteiger partial charge >= 0.3 is 0 Å². The first-order valence-electron chi connectivity index (χ1n) is 11.1. The first kappa shape index (κ1) is 21.9. The van der Waals surface area contributed by atoms with E-state index in [1.54, 1.807) is 30.1 Å². The summed E-state index contributed by atoms with van der Waals surface area (Å²) in [5, 5.41) is 8.77. The van der Waals surface area contributed by atoms with Crippen LogP contribution in [0.25, 0.3) is 33.0 Å². The number of rotatable bonds is 7. The van der Waals surface area contributed by atoms with Gasteiger partial charge in [-0.3, -0.25) is 0 Å². The molecule has 1 atom stereocenters. The minimum absolute atomic E-state index is 0.344. The maximum atomic E-state index is 6.20. The molecule has 0 fully saturated rings. The Labute approximate surface area is 209 Å². The van der Waals surface area contributed by atoms with E-state index in [4.69, 9.17) is 23.6 Å². The zero-order valence-corrected chi connectivity index (χ0v) is 21.0. The number of allylic oxidation sites excluding steroid dienone is 4. The molecule has 10 heteroatoms. The number of fused-ring (bicyclic) bond motifs is 2. The zero-order valence-electron chi connectivity index (χ0n) is 19.3. The minimum Gasteiger partial charge on any atom is -0.496 e. The molecule has 35 heavy (non-hydrogen) atoms. The summed E-state index contributed by atoms with van der Waals surface area (Å²) < 4.78 is 24.7. The smallest absolute Gasteiger partial charge is 0.294 e. The number of benzene rings is 1. The number of hydrogen-bond acceptors (Lipinski definition) is 9. The highest BCUT2D eigenvalue weighted by atomic mass is 32.1. The van der Waals surface area contributed by atoms with Gasteiger partial charge in [0, 0.05) is 23.1 Å². The van der Waals surface area contributed by atoms with Crippen LogP contribution in [-0.2, 0) is 6.61 Å². The average molecular weight is 507 g/mol. The van der Waals surface area contributed by atoms with Crippen LogP contribution in [0.3, 0.4) is 0 Å². The van der Waals surface area contributed by atoms with Crippen LogP contribution in [0.4, 0.5) is 0 Å². The van der Waals surface area contributed by atoms with Crippen molar-refractivity contribution in [2.45, 2.75) is 20.0 Å². The molecule has 0 bridgehead atoms. The summed E-state index contributed by atoms with van der Waals surface area (Å²) in [5.41, 5.74) is 3.39. The molecule has 1 aliphatic carbocycles. The molecule has 1 aromatic carbocycles. The number of methoxy groups -OCH3 is 2. The van der Waals surface area contributed by atoms with Gasteiger partial charge in [0.2, 0.25) is 4.96 Å². The maximum absolute atomic E-state index is 6.20. The molecule has 4 heterocycles. The van der Waals surface area contributed by atoms with E-state index in [-0.39, 0.29) is 0 Å². The van der Waals surface area contributed by atoms with E-state index in [0.717, 1.165) is 27.5 Å². The van der Waals surface area contributed by atoms with E-state index in [9.17, 15) is 0 Å². The summed E-state index contributed by atoms with van der Waals surface area (Å²) >= 11 is 3.00. The third kappa shape index (κ3) is 4.19. The van der Waals surface area contributed by atoms with Crippen molar-refractivity contribution in [3.8, 4) is 28.1 Å². The Hall–Kier alpha value is -3.63. The highest BCUT2D eigenvalue weighted by molar-refractivity contribution is 7.18. The number of nitrogens with zero attached hydrogens (tertiary/aromatic N) is 4. The van der Waals surface area contributed by atoms with Crippen LogP contribution in [0.2, 0.25) is 0 Å². The number of furan rings is 1. The van der Waals surface area contributed by atoms with Crippen molar-refractivity contribution in [1.29, 1.82) is 0 Å². The number of thiazole rings is 1. The first-order valence-corrected chi connectivity index (χ1v) is 12.8. The van der Waals surface area contributed by atoms with Crippen molar-refractivity contribution in [2.24, 2.45) is 5.92 Å². The number of imidazole rings is 1. The standard InChI is InChI=1S/C25H22N4O4S2/c1-14-4-6-15(7-5-14)23-26-16(13-34-23)12-32-20-8-17(30-2)9-21-18(20)10-22(33-21)19-11-29-24(27-19)35-25(28-29)31-3/h4,6-11,13-14H,5,12H2,1-3H3. The molecule has 178 valence electrons. The van der Waals surface area contributed by atoms with Gasteiger partial charge < -0.3 is 18.6 Å². The quantitative estimate of drug-likeness (QED) is 0.258. The molecule has 4 aromatic heterocycles. The second-order valence-corrected chi connectivity index (χ2v) is 10.0. The molecule has 0 amide bonds. The van der Waals surface area contributed by atoms with Gasteiger partial charge in [-0.2, -0.15) is 0 Å². The van der Waals surface area contributed by atoms with Crippen LogP contribution < -0.4 is 14.2 Å². The van der Waals surface area contributed by atoms with E-state index in [2.05, 4.69) is 35.2 Å². The van der Waals surface area contributed by atoms with Gasteiger partial charge in [-0.1, -0.05) is 25.2 Å². The number of ether oxygens (including phenoxy) is 3. The SMILES string of the molecule is COc1cc(OCc2csc(C3=CCC(C)C=C3)n2)c2cc(-c3cn4nc(OC)sc4n3)oc2c1. The van der Waals surface area contributed by atoms with Crippen molar-refractivity contribution in [3.63, 3.8) is 0 Å². The lowest BCUT2D eigenvalue weighted by Gasteiger charge is -2.09. The van der Waals surface area contributed by atoms with E-state index in [0.29, 0.717) is 46.3 Å². The third-order valence-electron chi connectivity index (χ3n) is 5.75. The minimum atomic E-state index is 0.344. The Balaban J connectivity index is 1.27. The van der Waals surface area contributed by atoms with Gasteiger partial charge in [-0.05, 0) is 29.7 Å². The second-order valence-electron chi connectivity index (χ2n) is 8.24. The Morgan fingerprint density at radius 3 is 2.86 bits per heavy atom. The maximum Gasteiger partial charge on any atom is 0.294 e. The summed E-state index contributed by atoms with van der Waals surface area (Å²) in [7, 11) is 3.21. The lowest BCUT2D eigenvalue weighted by Crippen LogP contribution is -1.98. The Morgan fingerprint density at radius 1 is 1.17 bits per heavy atom. The van der Waals surface area contributed by atoms with Gasteiger partial charge in [-0.25, -0.2) is 14.5 Å². The summed E-state index contributed by atoms with van der Waals surface area (Å²) in [5.74, 6) is 2.51. The van der Waals surface area contributed by atoms with Crippen LogP contribution in [0.15, 0.2) is 52.4 Å². The van der Waals surface area contributed by atoms with Crippen LogP contribution in [0.1, 0.15) is 24.0 Å². The topological polar surface area (TPSA) is 83.9 Å². The van der Waals surface area contributed by atoms with E-state index < -0.39 is 0 Å². The second kappa shape index (κ2) is 8.86. The largest absolute Gasteiger partial charge is 0.496 e. The van der Waals surface area contributed by atoms with Crippen molar-refractivity contribution in [3.05, 3.63) is 58.7 Å². The first-order chi connectivity index (χ1) is 17.1. The lowest BCUT2D eigenvalue weighted by molar-refractivity contribution is 0.303. The van der Waals surface area contributed by atoms with Gasteiger partial charge in [0.1, 0.15) is 34.4 Å². The molecule has 1 unspecified atom stereocenters. The van der Waals surface area contributed by atoms with Crippen LogP contribution in [0.5, 0.6) is 16.7 Å². The molecule has 0 aliphatic heterocycles. The van der Waals surface area contributed by atoms with Crippen molar-refractivity contribution in [2.75, 3.05) is 14.2 Å². The third-order valence-corrected chi connectivity index (χ3v) is 7.57. The normalized spacial score (nSPS) is 15.6. The lowest BCUT2D eigenvalue weighted by atomic mass is 9.99. The molecule has 8 nitrogen and oxygen atoms in total. The van der Waals surface area contributed by atoms with Crippen molar-refractivity contribution in [1.82, 2.24) is 19.6 Å². The Bertz CT molecular complexity index is 1560. The Kier molecular flexibility index (Phi) is 5.54. The van der Waals surface area contributed by atoms with Gasteiger partial charge in [0.25, 0.3) is 5.19 Å². The predicted molar refractivity (Wildman–Crippen MR) is 137 cm³/mol. The van der Waals surface area contributed by atoms with Crippen molar-refractivity contribution >= 4 is 44.2 Å². The fraction of sp³-hybridized carbons (Fsp3) is 0.240. The monoisotopic (exact) mass is 506 g/mol. The average Bonchev–Trinajstić information content (AvgIpc) is 3.65. The molecular formula is C25H22N4O4S2. The number of hydrogen-bond donors (Lipinski definition) is 0. The highest BCUT2D eigenvalue weighted by Gasteiger charge is 2.18. The summed E-state index contributed by atoms with van der Waals surface area (Å²) in [6, 6.07) is 5.63.